The highest BCUT2D eigenvalue weighted by Gasteiger charge is 2.17. The fourth-order valence-corrected chi connectivity index (χ4v) is 3.70. The lowest BCUT2D eigenvalue weighted by atomic mass is 9.87. The summed E-state index contributed by atoms with van der Waals surface area (Å²) in [6.07, 6.45) is 5.50. The molecular weight excluding hydrogens is 262 g/mol. The van der Waals surface area contributed by atoms with E-state index in [-0.39, 0.29) is 0 Å². The predicted octanol–water partition coefficient (Wildman–Crippen LogP) is 4.60. The molecule has 2 rings (SSSR count). The van der Waals surface area contributed by atoms with E-state index in [1.807, 2.05) is 30.0 Å². The van der Waals surface area contributed by atoms with Crippen LogP contribution >= 0.6 is 23.4 Å². The van der Waals surface area contributed by atoms with Crippen molar-refractivity contribution in [3.63, 3.8) is 0 Å². The lowest BCUT2D eigenvalue weighted by Crippen LogP contribution is -2.34. The van der Waals surface area contributed by atoms with Crippen molar-refractivity contribution in [3.8, 4) is 0 Å². The second-order valence-corrected chi connectivity index (χ2v) is 6.83. The van der Waals surface area contributed by atoms with Crippen molar-refractivity contribution in [1.29, 1.82) is 0 Å². The van der Waals surface area contributed by atoms with Gasteiger partial charge in [0.05, 0.1) is 0 Å². The molecule has 0 aromatic heterocycles. The summed E-state index contributed by atoms with van der Waals surface area (Å²) in [6, 6.07) is 8.84. The number of hydrogen-bond acceptors (Lipinski definition) is 2. The molecule has 1 aliphatic rings. The van der Waals surface area contributed by atoms with Crippen molar-refractivity contribution >= 4 is 23.4 Å². The average Bonchev–Trinajstić information content (AvgIpc) is 2.35. The molecule has 18 heavy (non-hydrogen) atoms. The Morgan fingerprint density at radius 1 is 1.39 bits per heavy atom. The maximum absolute atomic E-state index is 5.97. The minimum Gasteiger partial charge on any atom is -0.313 e. The second-order valence-electron chi connectivity index (χ2n) is 5.23. The Morgan fingerprint density at radius 3 is 3.06 bits per heavy atom. The van der Waals surface area contributed by atoms with Crippen LogP contribution in [-0.2, 0) is 0 Å². The van der Waals surface area contributed by atoms with E-state index >= 15 is 0 Å². The first-order chi connectivity index (χ1) is 8.74. The van der Waals surface area contributed by atoms with E-state index in [0.717, 1.165) is 29.3 Å². The van der Waals surface area contributed by atoms with Crippen molar-refractivity contribution in [3.05, 3.63) is 29.3 Å². The van der Waals surface area contributed by atoms with E-state index in [1.165, 1.54) is 30.6 Å². The van der Waals surface area contributed by atoms with Gasteiger partial charge in [0.15, 0.2) is 0 Å². The lowest BCUT2D eigenvalue weighted by molar-refractivity contribution is 0.306. The third-order valence-electron chi connectivity index (χ3n) is 3.54. The van der Waals surface area contributed by atoms with Crippen LogP contribution in [0.2, 0.25) is 5.02 Å². The Balaban J connectivity index is 1.64. The highest BCUT2D eigenvalue weighted by molar-refractivity contribution is 7.99. The van der Waals surface area contributed by atoms with Crippen LogP contribution in [0.15, 0.2) is 29.2 Å². The van der Waals surface area contributed by atoms with Crippen molar-refractivity contribution in [2.24, 2.45) is 5.92 Å². The van der Waals surface area contributed by atoms with Crippen LogP contribution in [0.4, 0.5) is 0 Å². The van der Waals surface area contributed by atoms with Gasteiger partial charge in [-0.05, 0) is 37.0 Å². The third-order valence-corrected chi connectivity index (χ3v) is 4.77. The molecular formula is C15H22ClNS. The number of halogens is 1. The summed E-state index contributed by atoms with van der Waals surface area (Å²) >= 11 is 7.84. The van der Waals surface area contributed by atoms with Gasteiger partial charge >= 0.3 is 0 Å². The summed E-state index contributed by atoms with van der Waals surface area (Å²) in [5, 5.41) is 4.51. The maximum atomic E-state index is 5.97. The fourth-order valence-electron chi connectivity index (χ4n) is 2.61. The molecule has 1 fully saturated rings. The molecule has 1 aromatic carbocycles. The molecule has 0 heterocycles. The van der Waals surface area contributed by atoms with Crippen LogP contribution in [0, 0.1) is 5.92 Å². The van der Waals surface area contributed by atoms with Gasteiger partial charge in [-0.2, -0.15) is 0 Å². The molecule has 2 unspecified atom stereocenters. The van der Waals surface area contributed by atoms with Gasteiger partial charge in [-0.25, -0.2) is 0 Å². The van der Waals surface area contributed by atoms with E-state index in [4.69, 9.17) is 11.6 Å². The van der Waals surface area contributed by atoms with Gasteiger partial charge < -0.3 is 5.32 Å². The van der Waals surface area contributed by atoms with Crippen LogP contribution in [0.3, 0.4) is 0 Å². The van der Waals surface area contributed by atoms with E-state index in [1.54, 1.807) is 0 Å². The summed E-state index contributed by atoms with van der Waals surface area (Å²) in [4.78, 5) is 1.27. The van der Waals surface area contributed by atoms with Gasteiger partial charge in [0, 0.05) is 28.3 Å². The van der Waals surface area contributed by atoms with Crippen LogP contribution < -0.4 is 5.32 Å². The summed E-state index contributed by atoms with van der Waals surface area (Å²) in [6.45, 7) is 3.46. The molecule has 0 aliphatic heterocycles. The largest absolute Gasteiger partial charge is 0.313 e. The molecule has 100 valence electrons. The molecule has 2 atom stereocenters. The molecule has 1 aromatic rings. The Kier molecular flexibility index (Phi) is 5.87. The zero-order valence-corrected chi connectivity index (χ0v) is 12.6. The van der Waals surface area contributed by atoms with Gasteiger partial charge in [0.2, 0.25) is 0 Å². The minimum absolute atomic E-state index is 0.744. The molecule has 1 N–H and O–H groups in total. The maximum Gasteiger partial charge on any atom is 0.0417 e. The summed E-state index contributed by atoms with van der Waals surface area (Å²) in [5.41, 5.74) is 0. The molecule has 0 bridgehead atoms. The Bertz CT molecular complexity index is 369. The molecule has 0 radical (unpaired) electrons. The first-order valence-corrected chi connectivity index (χ1v) is 8.22. The molecule has 0 spiro atoms. The van der Waals surface area contributed by atoms with Gasteiger partial charge in [0.1, 0.15) is 0 Å². The standard InChI is InChI=1S/C15H22ClNS/c1-12-4-2-6-14(10-12)17-8-9-18-15-7-3-5-13(16)11-15/h3,5,7,11-12,14,17H,2,4,6,8-10H2,1H3. The monoisotopic (exact) mass is 283 g/mol. The first kappa shape index (κ1) is 14.2. The van der Waals surface area contributed by atoms with Gasteiger partial charge in [-0.15, -0.1) is 11.8 Å². The fraction of sp³-hybridized carbons (Fsp3) is 0.600. The van der Waals surface area contributed by atoms with Crippen molar-refractivity contribution in [2.75, 3.05) is 12.3 Å². The average molecular weight is 284 g/mol. The van der Waals surface area contributed by atoms with Crippen LogP contribution in [-0.4, -0.2) is 18.3 Å². The Morgan fingerprint density at radius 2 is 2.28 bits per heavy atom. The molecule has 1 saturated carbocycles. The van der Waals surface area contributed by atoms with E-state index in [9.17, 15) is 0 Å². The molecule has 1 aliphatic carbocycles. The Labute approximate surface area is 120 Å². The van der Waals surface area contributed by atoms with Gasteiger partial charge in [-0.1, -0.05) is 37.4 Å². The van der Waals surface area contributed by atoms with Crippen LogP contribution in [0.5, 0.6) is 0 Å². The Hall–Kier alpha value is -0.180. The summed E-state index contributed by atoms with van der Waals surface area (Å²) < 4.78 is 0. The zero-order valence-electron chi connectivity index (χ0n) is 11.0. The number of hydrogen-bond donors (Lipinski definition) is 1. The third kappa shape index (κ3) is 4.83. The zero-order chi connectivity index (χ0) is 12.8. The van der Waals surface area contributed by atoms with E-state index in [2.05, 4.69) is 18.3 Å². The second kappa shape index (κ2) is 7.42. The van der Waals surface area contributed by atoms with Crippen molar-refractivity contribution in [1.82, 2.24) is 5.32 Å². The lowest BCUT2D eigenvalue weighted by Gasteiger charge is -2.27. The number of benzene rings is 1. The number of nitrogens with one attached hydrogen (secondary N) is 1. The van der Waals surface area contributed by atoms with Crippen molar-refractivity contribution in [2.45, 2.75) is 43.5 Å². The molecule has 3 heteroatoms. The number of rotatable bonds is 5. The summed E-state index contributed by atoms with van der Waals surface area (Å²) in [5.74, 6) is 2.02. The number of thioether (sulfide) groups is 1. The predicted molar refractivity (Wildman–Crippen MR) is 81.6 cm³/mol. The van der Waals surface area contributed by atoms with Gasteiger partial charge in [0.25, 0.3) is 0 Å². The minimum atomic E-state index is 0.744. The first-order valence-electron chi connectivity index (χ1n) is 6.86. The molecule has 0 amide bonds. The van der Waals surface area contributed by atoms with Crippen LogP contribution in [0.1, 0.15) is 32.6 Å². The molecule has 0 saturated heterocycles. The van der Waals surface area contributed by atoms with E-state index < -0.39 is 0 Å². The highest BCUT2D eigenvalue weighted by Crippen LogP contribution is 2.24. The molecule has 1 nitrogen and oxygen atoms in total. The highest BCUT2D eigenvalue weighted by atomic mass is 35.5. The van der Waals surface area contributed by atoms with Crippen molar-refractivity contribution < 1.29 is 0 Å². The van der Waals surface area contributed by atoms with E-state index in [0.29, 0.717) is 0 Å². The normalized spacial score (nSPS) is 24.1. The smallest absolute Gasteiger partial charge is 0.0417 e. The topological polar surface area (TPSA) is 12.0 Å². The van der Waals surface area contributed by atoms with Crippen LogP contribution in [0.25, 0.3) is 0 Å². The van der Waals surface area contributed by atoms with Gasteiger partial charge in [-0.3, -0.25) is 0 Å². The SMILES string of the molecule is CC1CCCC(NCCSc2cccc(Cl)c2)C1. The summed E-state index contributed by atoms with van der Waals surface area (Å²) in [7, 11) is 0. The quantitative estimate of drug-likeness (QED) is 0.626.